The van der Waals surface area contributed by atoms with Gasteiger partial charge >= 0.3 is 260 Å². The summed E-state index contributed by atoms with van der Waals surface area (Å²) in [5.74, 6) is 3.66. The Morgan fingerprint density at radius 3 is 1.63 bits per heavy atom. The molecule has 0 radical (unpaired) electrons. The molecule has 4 bridgehead atoms. The van der Waals surface area contributed by atoms with E-state index in [2.05, 4.69) is 97.9 Å². The molecule has 230 valence electrons. The predicted molar refractivity (Wildman–Crippen MR) is 173 cm³/mol. The summed E-state index contributed by atoms with van der Waals surface area (Å²) < 4.78 is 7.56. The molecule has 0 aliphatic heterocycles. The van der Waals surface area contributed by atoms with E-state index in [0.717, 1.165) is 17.8 Å². The summed E-state index contributed by atoms with van der Waals surface area (Å²) >= 11 is -2.36. The molecule has 0 heterocycles. The van der Waals surface area contributed by atoms with Gasteiger partial charge in [-0.2, -0.15) is 0 Å². The first-order valence-electron chi connectivity index (χ1n) is 16.6. The summed E-state index contributed by atoms with van der Waals surface area (Å²) in [6.07, 6.45) is 13.2. The molecule has 2 aromatic carbocycles. The maximum absolute atomic E-state index is 5.25. The summed E-state index contributed by atoms with van der Waals surface area (Å²) in [6, 6.07) is 14.8. The molecular formula is C40H52Cl2Zr. The zero-order valence-corrected chi connectivity index (χ0v) is 31.8. The van der Waals surface area contributed by atoms with Gasteiger partial charge in [-0.05, 0) is 0 Å². The van der Waals surface area contributed by atoms with Gasteiger partial charge in [0.05, 0.1) is 0 Å². The molecule has 0 amide bonds. The van der Waals surface area contributed by atoms with E-state index in [4.69, 9.17) is 4.21 Å². The van der Waals surface area contributed by atoms with Crippen molar-refractivity contribution in [2.24, 2.45) is 29.1 Å². The monoisotopic (exact) mass is 692 g/mol. The molecule has 2 aromatic rings. The molecule has 3 heteroatoms. The Morgan fingerprint density at radius 2 is 1.21 bits per heavy atom. The fraction of sp³-hybridized carbons (Fsp3) is 0.575. The summed E-state index contributed by atoms with van der Waals surface area (Å²) in [5, 5.41) is 0. The third kappa shape index (κ3) is 5.74. The van der Waals surface area contributed by atoms with Crippen molar-refractivity contribution in [1.82, 2.24) is 0 Å². The van der Waals surface area contributed by atoms with Crippen LogP contribution in [0.3, 0.4) is 0 Å². The topological polar surface area (TPSA) is 0 Å². The summed E-state index contributed by atoms with van der Waals surface area (Å²) in [6.45, 7) is 19.2. The second kappa shape index (κ2) is 11.5. The first kappa shape index (κ1) is 33.6. The van der Waals surface area contributed by atoms with Crippen LogP contribution < -0.4 is 24.8 Å². The maximum Gasteiger partial charge on any atom is -1.00 e. The number of hydrogen-bond acceptors (Lipinski definition) is 0. The Hall–Kier alpha value is -0.747. The Bertz CT molecular complexity index is 1410. The normalized spacial score (nSPS) is 29.0. The van der Waals surface area contributed by atoms with Crippen LogP contribution >= 0.6 is 0 Å². The SMILES string of the molecule is [CH2]=[Zr+2]([C]1=C(C)C(CC23CC4CC(CC(C4)C2)C3)=CC1C)[CH]1c2cc(C(C)(C)C)ccc2-c2ccc(C(C)(C)C)cc21.[Cl-].[Cl-]. The predicted octanol–water partition coefficient (Wildman–Crippen LogP) is 4.87. The van der Waals surface area contributed by atoms with Crippen LogP contribution in [0.5, 0.6) is 0 Å². The number of rotatable bonds is 4. The van der Waals surface area contributed by atoms with Crippen molar-refractivity contribution in [2.45, 2.75) is 115 Å². The molecular weight excluding hydrogens is 643 g/mol. The summed E-state index contributed by atoms with van der Waals surface area (Å²) in [7, 11) is 0. The number of halogens is 2. The maximum atomic E-state index is 5.25. The first-order chi connectivity index (χ1) is 19.2. The van der Waals surface area contributed by atoms with Crippen LogP contribution in [-0.2, 0) is 32.1 Å². The van der Waals surface area contributed by atoms with E-state index in [1.807, 2.05) is 0 Å². The van der Waals surface area contributed by atoms with Crippen LogP contribution in [0.15, 0.2) is 56.9 Å². The van der Waals surface area contributed by atoms with Crippen molar-refractivity contribution >= 4 is 4.21 Å². The van der Waals surface area contributed by atoms with E-state index in [9.17, 15) is 0 Å². The molecule has 0 saturated heterocycles. The van der Waals surface area contributed by atoms with Crippen LogP contribution in [0, 0.1) is 29.1 Å². The zero-order valence-electron chi connectivity index (χ0n) is 27.8. The second-order valence-corrected chi connectivity index (χ2v) is 22.5. The molecule has 4 saturated carbocycles. The molecule has 8 rings (SSSR count). The molecule has 0 nitrogen and oxygen atoms in total. The van der Waals surface area contributed by atoms with Gasteiger partial charge in [0.1, 0.15) is 0 Å². The van der Waals surface area contributed by atoms with Crippen LogP contribution in [-0.4, -0.2) is 4.21 Å². The van der Waals surface area contributed by atoms with Crippen LogP contribution in [0.25, 0.3) is 11.1 Å². The average Bonchev–Trinajstić information content (AvgIpc) is 3.33. The Morgan fingerprint density at radius 1 is 0.767 bits per heavy atom. The van der Waals surface area contributed by atoms with E-state index in [1.165, 1.54) is 67.2 Å². The van der Waals surface area contributed by atoms with Gasteiger partial charge in [-0.3, -0.25) is 0 Å². The number of fused-ring (bicyclic) bond motifs is 3. The number of benzene rings is 2. The van der Waals surface area contributed by atoms with Crippen molar-refractivity contribution in [3.05, 3.63) is 79.2 Å². The molecule has 4 fully saturated rings. The van der Waals surface area contributed by atoms with Crippen molar-refractivity contribution in [3.8, 4) is 11.1 Å². The third-order valence-corrected chi connectivity index (χ3v) is 18.9. The molecule has 1 unspecified atom stereocenters. The van der Waals surface area contributed by atoms with Crippen LogP contribution in [0.2, 0.25) is 0 Å². The van der Waals surface area contributed by atoms with Crippen LogP contribution in [0.4, 0.5) is 0 Å². The quantitative estimate of drug-likeness (QED) is 0.429. The molecule has 6 aliphatic rings. The minimum absolute atomic E-state index is 0. The fourth-order valence-corrected chi connectivity index (χ4v) is 17.4. The van der Waals surface area contributed by atoms with Gasteiger partial charge in [0, 0.05) is 0 Å². The largest absolute Gasteiger partial charge is 1.00 e. The molecule has 43 heavy (non-hydrogen) atoms. The summed E-state index contributed by atoms with van der Waals surface area (Å²) in [4.78, 5) is 0. The van der Waals surface area contributed by atoms with E-state index in [0.29, 0.717) is 15.0 Å². The number of hydrogen-bond donors (Lipinski definition) is 0. The van der Waals surface area contributed by atoms with Crippen molar-refractivity contribution in [1.29, 1.82) is 0 Å². The Labute approximate surface area is 282 Å². The Kier molecular flexibility index (Phi) is 8.99. The third-order valence-electron chi connectivity index (χ3n) is 12.0. The van der Waals surface area contributed by atoms with Crippen molar-refractivity contribution < 1.29 is 46.1 Å². The number of allylic oxidation sites excluding steroid dienone is 4. The van der Waals surface area contributed by atoms with Gasteiger partial charge in [0.2, 0.25) is 0 Å². The van der Waals surface area contributed by atoms with Crippen molar-refractivity contribution in [3.63, 3.8) is 0 Å². The minimum atomic E-state index is -2.36. The van der Waals surface area contributed by atoms with Gasteiger partial charge < -0.3 is 24.8 Å². The fourth-order valence-electron chi connectivity index (χ4n) is 10.4. The average molecular weight is 695 g/mol. The molecule has 1 atom stereocenters. The second-order valence-electron chi connectivity index (χ2n) is 17.2. The van der Waals surface area contributed by atoms with E-state index < -0.39 is 21.3 Å². The van der Waals surface area contributed by atoms with Gasteiger partial charge in [-0.25, -0.2) is 0 Å². The first-order valence-corrected chi connectivity index (χ1v) is 21.0. The van der Waals surface area contributed by atoms with Crippen molar-refractivity contribution in [2.75, 3.05) is 0 Å². The van der Waals surface area contributed by atoms with Gasteiger partial charge in [0.15, 0.2) is 0 Å². The van der Waals surface area contributed by atoms with Gasteiger partial charge in [-0.1, -0.05) is 0 Å². The van der Waals surface area contributed by atoms with Gasteiger partial charge in [0.25, 0.3) is 0 Å². The zero-order chi connectivity index (χ0) is 29.1. The summed E-state index contributed by atoms with van der Waals surface area (Å²) in [5.41, 5.74) is 13.4. The Balaban J connectivity index is 0.00000184. The smallest absolute Gasteiger partial charge is 1.00 e. The minimum Gasteiger partial charge on any atom is -1.00 e. The molecule has 0 N–H and O–H groups in total. The molecule has 0 aromatic heterocycles. The molecule has 6 aliphatic carbocycles. The standard InChI is InChI=1S/C21H25.C18H25.CH2.2ClH.Zr/c1-20(2,3)16-7-9-18-14(12-16)11-15-13-17(21(4,5)6)8-10-19(15)18;1-12-3-13(2)17(4-12)11-18-8-14-5-15(9-18)7-16(6-14)10-18;;;;/h7-13H,1-6H3;4,12,14-16H,5-11H2,1-2H3;1H2;2*1H;/q;;;;;+2/p-2. The van der Waals surface area contributed by atoms with Gasteiger partial charge in [-0.15, -0.1) is 0 Å². The van der Waals surface area contributed by atoms with Crippen LogP contribution in [0.1, 0.15) is 126 Å². The molecule has 0 spiro atoms. The van der Waals surface area contributed by atoms with E-state index in [-0.39, 0.29) is 35.6 Å². The van der Waals surface area contributed by atoms with E-state index in [1.54, 1.807) is 25.6 Å². The van der Waals surface area contributed by atoms with E-state index >= 15 is 0 Å².